The predicted molar refractivity (Wildman–Crippen MR) is 100 cm³/mol. The number of ether oxygens (including phenoxy) is 3. The van der Waals surface area contributed by atoms with E-state index in [4.69, 9.17) is 25.8 Å². The lowest BCUT2D eigenvalue weighted by molar-refractivity contribution is -0.101. The predicted octanol–water partition coefficient (Wildman–Crippen LogP) is 3.96. The topological polar surface area (TPSA) is 65.5 Å². The maximum atomic E-state index is 13.3. The van der Waals surface area contributed by atoms with E-state index < -0.39 is 5.82 Å². The summed E-state index contributed by atoms with van der Waals surface area (Å²) in [5.74, 6) is 0.813. The Morgan fingerprint density at radius 3 is 2.93 bits per heavy atom. The van der Waals surface area contributed by atoms with Crippen molar-refractivity contribution in [2.75, 3.05) is 31.7 Å². The Hall–Kier alpha value is -2.48. The average molecular weight is 390 g/mol. The van der Waals surface area contributed by atoms with Crippen molar-refractivity contribution < 1.29 is 18.6 Å². The second-order valence-corrected chi connectivity index (χ2v) is 6.44. The molecule has 2 heterocycles. The zero-order valence-corrected chi connectivity index (χ0v) is 15.1. The van der Waals surface area contributed by atoms with Crippen LogP contribution < -0.4 is 10.1 Å². The second-order valence-electron chi connectivity index (χ2n) is 6.03. The van der Waals surface area contributed by atoms with Crippen molar-refractivity contribution in [1.29, 1.82) is 0 Å². The van der Waals surface area contributed by atoms with Crippen LogP contribution in [0.15, 0.2) is 42.7 Å². The molecule has 4 rings (SSSR count). The van der Waals surface area contributed by atoms with Crippen LogP contribution in [0.4, 0.5) is 15.9 Å². The van der Waals surface area contributed by atoms with Crippen molar-refractivity contribution in [2.24, 2.45) is 0 Å². The van der Waals surface area contributed by atoms with Gasteiger partial charge >= 0.3 is 0 Å². The number of nitrogens with one attached hydrogen (secondary N) is 1. The smallest absolute Gasteiger partial charge is 0.141 e. The number of rotatable bonds is 5. The lowest BCUT2D eigenvalue weighted by Crippen LogP contribution is -2.33. The van der Waals surface area contributed by atoms with Gasteiger partial charge in [0.25, 0.3) is 0 Å². The molecule has 0 unspecified atom stereocenters. The lowest BCUT2D eigenvalue weighted by Gasteiger charge is -2.23. The molecule has 1 atom stereocenters. The second kappa shape index (κ2) is 8.04. The van der Waals surface area contributed by atoms with Gasteiger partial charge in [-0.3, -0.25) is 0 Å². The van der Waals surface area contributed by atoms with Crippen LogP contribution in [0.5, 0.6) is 5.75 Å². The zero-order valence-electron chi connectivity index (χ0n) is 14.3. The van der Waals surface area contributed by atoms with Gasteiger partial charge in [-0.15, -0.1) is 0 Å². The summed E-state index contributed by atoms with van der Waals surface area (Å²) >= 11 is 5.83. The summed E-state index contributed by atoms with van der Waals surface area (Å²) in [6, 6.07) is 9.96. The fourth-order valence-electron chi connectivity index (χ4n) is 2.76. The van der Waals surface area contributed by atoms with Crippen LogP contribution in [-0.2, 0) is 9.47 Å². The molecule has 1 saturated heterocycles. The van der Waals surface area contributed by atoms with Crippen molar-refractivity contribution >= 4 is 34.0 Å². The van der Waals surface area contributed by atoms with Crippen LogP contribution in [0.2, 0.25) is 5.02 Å². The van der Waals surface area contributed by atoms with E-state index in [9.17, 15) is 4.39 Å². The fourth-order valence-corrected chi connectivity index (χ4v) is 2.94. The third kappa shape index (κ3) is 4.27. The molecule has 0 aliphatic carbocycles. The Morgan fingerprint density at radius 1 is 1.19 bits per heavy atom. The number of hydrogen-bond acceptors (Lipinski definition) is 6. The van der Waals surface area contributed by atoms with Crippen LogP contribution in [0.1, 0.15) is 0 Å². The minimum absolute atomic E-state index is 0.0444. The quantitative estimate of drug-likeness (QED) is 0.712. The molecular formula is C19H17ClFN3O3. The molecule has 3 aromatic rings. The van der Waals surface area contributed by atoms with E-state index in [0.29, 0.717) is 43.7 Å². The fraction of sp³-hybridized carbons (Fsp3) is 0.263. The summed E-state index contributed by atoms with van der Waals surface area (Å²) in [6.07, 6.45) is 1.39. The van der Waals surface area contributed by atoms with E-state index in [1.807, 2.05) is 18.2 Å². The van der Waals surface area contributed by atoms with E-state index in [1.54, 1.807) is 6.07 Å². The number of aromatic nitrogens is 2. The minimum Gasteiger partial charge on any atom is -0.491 e. The van der Waals surface area contributed by atoms with Gasteiger partial charge in [0.15, 0.2) is 0 Å². The Kier molecular flexibility index (Phi) is 5.33. The van der Waals surface area contributed by atoms with E-state index in [0.717, 1.165) is 10.9 Å². The molecule has 1 fully saturated rings. The summed E-state index contributed by atoms with van der Waals surface area (Å²) in [6.45, 7) is 2.15. The molecule has 8 heteroatoms. The Bertz CT molecular complexity index is 951. The number of anilines is 2. The molecule has 140 valence electrons. The molecule has 0 saturated carbocycles. The highest BCUT2D eigenvalue weighted by Crippen LogP contribution is 2.28. The molecule has 6 nitrogen and oxygen atoms in total. The highest BCUT2D eigenvalue weighted by atomic mass is 35.5. The first kappa shape index (κ1) is 17.9. The number of fused-ring (bicyclic) bond motifs is 1. The standard InChI is InChI=1S/C19H17ClFN3O3/c20-16-7-12(1-4-17(16)21)24-19-15-3-2-13(8-18(15)22-11-23-19)27-10-14-9-25-5-6-26-14/h1-4,7-8,11,14H,5-6,9-10H2,(H,22,23,24)/t14-/m0/s1. The summed E-state index contributed by atoms with van der Waals surface area (Å²) in [7, 11) is 0. The highest BCUT2D eigenvalue weighted by Gasteiger charge is 2.15. The summed E-state index contributed by atoms with van der Waals surface area (Å²) in [5.41, 5.74) is 1.36. The third-order valence-corrected chi connectivity index (χ3v) is 4.40. The summed E-state index contributed by atoms with van der Waals surface area (Å²) < 4.78 is 30.1. The SMILES string of the molecule is Fc1ccc(Nc2ncnc3cc(OC[C@@H]4COCCO4)ccc23)cc1Cl. The molecule has 27 heavy (non-hydrogen) atoms. The Labute approximate surface area is 160 Å². The van der Waals surface area contributed by atoms with Crippen LogP contribution in [-0.4, -0.2) is 42.5 Å². The number of hydrogen-bond donors (Lipinski definition) is 1. The van der Waals surface area contributed by atoms with Gasteiger partial charge in [-0.05, 0) is 30.3 Å². The number of halogens is 2. The minimum atomic E-state index is -0.469. The number of nitrogens with zero attached hydrogens (tertiary/aromatic N) is 2. The molecule has 0 radical (unpaired) electrons. The Morgan fingerprint density at radius 2 is 2.11 bits per heavy atom. The van der Waals surface area contributed by atoms with E-state index in [1.165, 1.54) is 18.5 Å². The zero-order chi connectivity index (χ0) is 18.6. The van der Waals surface area contributed by atoms with Gasteiger partial charge in [0.05, 0.1) is 30.4 Å². The maximum absolute atomic E-state index is 13.3. The first-order valence-electron chi connectivity index (χ1n) is 8.48. The van der Waals surface area contributed by atoms with Crippen LogP contribution in [0.25, 0.3) is 10.9 Å². The molecule has 1 aromatic heterocycles. The van der Waals surface area contributed by atoms with Gasteiger partial charge in [0.1, 0.15) is 36.4 Å². The molecule has 1 N–H and O–H groups in total. The van der Waals surface area contributed by atoms with Crippen molar-refractivity contribution in [2.45, 2.75) is 6.10 Å². The van der Waals surface area contributed by atoms with Gasteiger partial charge in [0.2, 0.25) is 0 Å². The van der Waals surface area contributed by atoms with Crippen molar-refractivity contribution in [3.8, 4) is 5.75 Å². The van der Waals surface area contributed by atoms with E-state index >= 15 is 0 Å². The van der Waals surface area contributed by atoms with Crippen molar-refractivity contribution in [1.82, 2.24) is 9.97 Å². The van der Waals surface area contributed by atoms with Crippen LogP contribution in [0.3, 0.4) is 0 Å². The van der Waals surface area contributed by atoms with Gasteiger partial charge in [0, 0.05) is 17.1 Å². The first-order valence-corrected chi connectivity index (χ1v) is 8.86. The van der Waals surface area contributed by atoms with Crippen LogP contribution >= 0.6 is 11.6 Å². The monoisotopic (exact) mass is 389 g/mol. The average Bonchev–Trinajstić information content (AvgIpc) is 2.70. The first-order chi connectivity index (χ1) is 13.2. The summed E-state index contributed by atoms with van der Waals surface area (Å²) in [5, 5.41) is 3.99. The van der Waals surface area contributed by atoms with Gasteiger partial charge in [-0.25, -0.2) is 14.4 Å². The molecule has 0 amide bonds. The molecular weight excluding hydrogens is 373 g/mol. The molecule has 2 aromatic carbocycles. The molecule has 0 bridgehead atoms. The summed E-state index contributed by atoms with van der Waals surface area (Å²) in [4.78, 5) is 8.56. The number of benzene rings is 2. The van der Waals surface area contributed by atoms with Gasteiger partial charge in [-0.1, -0.05) is 11.6 Å². The van der Waals surface area contributed by atoms with E-state index in [2.05, 4.69) is 15.3 Å². The van der Waals surface area contributed by atoms with Gasteiger partial charge in [-0.2, -0.15) is 0 Å². The largest absolute Gasteiger partial charge is 0.491 e. The lowest BCUT2D eigenvalue weighted by atomic mass is 10.2. The van der Waals surface area contributed by atoms with E-state index in [-0.39, 0.29) is 11.1 Å². The molecule has 1 aliphatic heterocycles. The normalized spacial score (nSPS) is 17.0. The van der Waals surface area contributed by atoms with Gasteiger partial charge < -0.3 is 19.5 Å². The third-order valence-electron chi connectivity index (χ3n) is 4.11. The van der Waals surface area contributed by atoms with Crippen molar-refractivity contribution in [3.63, 3.8) is 0 Å². The maximum Gasteiger partial charge on any atom is 0.141 e. The Balaban J connectivity index is 1.51. The highest BCUT2D eigenvalue weighted by molar-refractivity contribution is 6.31. The van der Waals surface area contributed by atoms with Crippen molar-refractivity contribution in [3.05, 3.63) is 53.6 Å². The van der Waals surface area contributed by atoms with Crippen LogP contribution in [0, 0.1) is 5.82 Å². The molecule has 1 aliphatic rings. The molecule has 0 spiro atoms.